The van der Waals surface area contributed by atoms with Gasteiger partial charge in [-0.1, -0.05) is 60.7 Å². The lowest BCUT2D eigenvalue weighted by Gasteiger charge is -2.22. The van der Waals surface area contributed by atoms with Gasteiger partial charge >= 0.3 is 0 Å². The summed E-state index contributed by atoms with van der Waals surface area (Å²) in [5.41, 5.74) is 2.45. The first-order valence-corrected chi connectivity index (χ1v) is 6.74. The number of ether oxygens (including phenoxy) is 2. The zero-order chi connectivity index (χ0) is 14.2. The van der Waals surface area contributed by atoms with Gasteiger partial charge in [0, 0.05) is 20.8 Å². The molecule has 2 rings (SSSR count). The van der Waals surface area contributed by atoms with E-state index < -0.39 is 0 Å². The molecular weight excluding hydrogens is 250 g/mol. The monoisotopic (exact) mass is 271 g/mol. The molecule has 0 heterocycles. The van der Waals surface area contributed by atoms with E-state index in [-0.39, 0.29) is 12.3 Å². The average Bonchev–Trinajstić information content (AvgIpc) is 2.53. The van der Waals surface area contributed by atoms with Crippen LogP contribution in [-0.2, 0) is 9.47 Å². The molecule has 0 saturated carbocycles. The van der Waals surface area contributed by atoms with Gasteiger partial charge in [-0.25, -0.2) is 0 Å². The Morgan fingerprint density at radius 2 is 1.25 bits per heavy atom. The van der Waals surface area contributed by atoms with Crippen LogP contribution in [0.25, 0.3) is 0 Å². The molecule has 0 aliphatic heterocycles. The quantitative estimate of drug-likeness (QED) is 0.785. The van der Waals surface area contributed by atoms with Crippen molar-refractivity contribution in [3.8, 4) is 0 Å². The first-order valence-electron chi connectivity index (χ1n) is 6.74. The van der Waals surface area contributed by atoms with Crippen LogP contribution >= 0.6 is 0 Å². The summed E-state index contributed by atoms with van der Waals surface area (Å²) in [5.74, 6) is 0. The van der Waals surface area contributed by atoms with E-state index >= 15 is 0 Å². The molecule has 3 nitrogen and oxygen atoms in total. The van der Waals surface area contributed by atoms with Crippen molar-refractivity contribution in [2.45, 2.75) is 12.3 Å². The third-order valence-corrected chi connectivity index (χ3v) is 3.28. The Morgan fingerprint density at radius 3 is 1.65 bits per heavy atom. The van der Waals surface area contributed by atoms with Crippen molar-refractivity contribution in [1.82, 2.24) is 5.32 Å². The van der Waals surface area contributed by atoms with Gasteiger partial charge < -0.3 is 14.8 Å². The van der Waals surface area contributed by atoms with Crippen LogP contribution in [-0.4, -0.2) is 27.1 Å². The highest BCUT2D eigenvalue weighted by Crippen LogP contribution is 2.21. The highest BCUT2D eigenvalue weighted by molar-refractivity contribution is 5.31. The molecule has 0 spiro atoms. The second kappa shape index (κ2) is 7.80. The number of hydrogen-bond acceptors (Lipinski definition) is 3. The Morgan fingerprint density at radius 1 is 0.800 bits per heavy atom. The molecule has 0 atom stereocenters. The maximum absolute atomic E-state index is 5.24. The van der Waals surface area contributed by atoms with Crippen molar-refractivity contribution in [2.24, 2.45) is 0 Å². The number of rotatable bonds is 7. The van der Waals surface area contributed by atoms with E-state index in [1.54, 1.807) is 14.2 Å². The van der Waals surface area contributed by atoms with Gasteiger partial charge in [0.15, 0.2) is 6.29 Å². The fraction of sp³-hybridized carbons (Fsp3) is 0.294. The molecule has 0 fully saturated rings. The number of benzene rings is 2. The molecule has 3 heteroatoms. The topological polar surface area (TPSA) is 30.5 Å². The SMILES string of the molecule is COC(CNC(c1ccccc1)c1ccccc1)OC. The van der Waals surface area contributed by atoms with Crippen LogP contribution < -0.4 is 5.32 Å². The van der Waals surface area contributed by atoms with Gasteiger partial charge in [-0.2, -0.15) is 0 Å². The van der Waals surface area contributed by atoms with Crippen molar-refractivity contribution in [3.05, 3.63) is 71.8 Å². The summed E-state index contributed by atoms with van der Waals surface area (Å²) in [6, 6.07) is 20.9. The molecule has 0 aliphatic rings. The Balaban J connectivity index is 2.17. The van der Waals surface area contributed by atoms with Gasteiger partial charge in [-0.15, -0.1) is 0 Å². The Labute approximate surface area is 120 Å². The number of nitrogens with one attached hydrogen (secondary N) is 1. The fourth-order valence-electron chi connectivity index (χ4n) is 2.20. The molecule has 0 radical (unpaired) electrons. The zero-order valence-electron chi connectivity index (χ0n) is 12.0. The van der Waals surface area contributed by atoms with E-state index in [1.165, 1.54) is 11.1 Å². The molecule has 0 amide bonds. The Hall–Kier alpha value is -1.68. The van der Waals surface area contributed by atoms with Gasteiger partial charge in [0.1, 0.15) is 0 Å². The molecule has 0 aromatic heterocycles. The lowest BCUT2D eigenvalue weighted by Crippen LogP contribution is -2.33. The summed E-state index contributed by atoms with van der Waals surface area (Å²) in [6.45, 7) is 0.626. The van der Waals surface area contributed by atoms with Gasteiger partial charge in [-0.3, -0.25) is 0 Å². The molecule has 0 bridgehead atoms. The second-order valence-electron chi connectivity index (χ2n) is 4.56. The zero-order valence-corrected chi connectivity index (χ0v) is 12.0. The van der Waals surface area contributed by atoms with Crippen molar-refractivity contribution >= 4 is 0 Å². The summed E-state index contributed by atoms with van der Waals surface area (Å²) in [5, 5.41) is 3.50. The predicted octanol–water partition coefficient (Wildman–Crippen LogP) is 2.98. The highest BCUT2D eigenvalue weighted by Gasteiger charge is 2.15. The summed E-state index contributed by atoms with van der Waals surface area (Å²) < 4.78 is 10.5. The largest absolute Gasteiger partial charge is 0.355 e. The van der Waals surface area contributed by atoms with Crippen LogP contribution in [0.5, 0.6) is 0 Å². The number of hydrogen-bond donors (Lipinski definition) is 1. The summed E-state index contributed by atoms with van der Waals surface area (Å²) >= 11 is 0. The molecule has 0 saturated heterocycles. The maximum atomic E-state index is 5.24. The Kier molecular flexibility index (Phi) is 5.74. The van der Waals surface area contributed by atoms with Crippen LogP contribution in [0.15, 0.2) is 60.7 Å². The van der Waals surface area contributed by atoms with Gasteiger partial charge in [-0.05, 0) is 11.1 Å². The van der Waals surface area contributed by atoms with E-state index in [2.05, 4.69) is 53.8 Å². The Bertz CT molecular complexity index is 443. The minimum Gasteiger partial charge on any atom is -0.355 e. The third-order valence-electron chi connectivity index (χ3n) is 3.28. The van der Waals surface area contributed by atoms with Gasteiger partial charge in [0.25, 0.3) is 0 Å². The maximum Gasteiger partial charge on any atom is 0.169 e. The van der Waals surface area contributed by atoms with E-state index in [0.717, 1.165) is 0 Å². The van der Waals surface area contributed by atoms with E-state index in [0.29, 0.717) is 6.54 Å². The van der Waals surface area contributed by atoms with E-state index in [4.69, 9.17) is 9.47 Å². The summed E-state index contributed by atoms with van der Waals surface area (Å²) in [4.78, 5) is 0. The average molecular weight is 271 g/mol. The van der Waals surface area contributed by atoms with Crippen LogP contribution in [0, 0.1) is 0 Å². The minimum atomic E-state index is -0.245. The molecule has 2 aromatic rings. The molecule has 20 heavy (non-hydrogen) atoms. The van der Waals surface area contributed by atoms with Crippen LogP contribution in [0.1, 0.15) is 17.2 Å². The standard InChI is InChI=1S/C17H21NO2/c1-19-16(20-2)13-18-17(14-9-5-3-6-10-14)15-11-7-4-8-12-15/h3-12,16-18H,13H2,1-2H3. The van der Waals surface area contributed by atoms with Crippen LogP contribution in [0.4, 0.5) is 0 Å². The fourth-order valence-corrected chi connectivity index (χ4v) is 2.20. The first-order chi connectivity index (χ1) is 9.85. The lowest BCUT2D eigenvalue weighted by atomic mass is 9.99. The van der Waals surface area contributed by atoms with E-state index in [9.17, 15) is 0 Å². The van der Waals surface area contributed by atoms with Crippen molar-refractivity contribution in [1.29, 1.82) is 0 Å². The van der Waals surface area contributed by atoms with Crippen molar-refractivity contribution in [3.63, 3.8) is 0 Å². The highest BCUT2D eigenvalue weighted by atomic mass is 16.7. The van der Waals surface area contributed by atoms with Gasteiger partial charge in [0.2, 0.25) is 0 Å². The molecule has 2 aromatic carbocycles. The predicted molar refractivity (Wildman–Crippen MR) is 80.5 cm³/mol. The van der Waals surface area contributed by atoms with Gasteiger partial charge in [0.05, 0.1) is 6.04 Å². The minimum absolute atomic E-state index is 0.130. The number of methoxy groups -OCH3 is 2. The van der Waals surface area contributed by atoms with Crippen LogP contribution in [0.3, 0.4) is 0 Å². The second-order valence-corrected chi connectivity index (χ2v) is 4.56. The van der Waals surface area contributed by atoms with Crippen LogP contribution in [0.2, 0.25) is 0 Å². The molecular formula is C17H21NO2. The molecule has 0 aliphatic carbocycles. The molecule has 1 N–H and O–H groups in total. The van der Waals surface area contributed by atoms with Crippen molar-refractivity contribution in [2.75, 3.05) is 20.8 Å². The van der Waals surface area contributed by atoms with Crippen molar-refractivity contribution < 1.29 is 9.47 Å². The summed E-state index contributed by atoms with van der Waals surface area (Å²) in [7, 11) is 3.30. The third kappa shape index (κ3) is 3.90. The molecule has 0 unspecified atom stereocenters. The summed E-state index contributed by atoms with van der Waals surface area (Å²) in [6.07, 6.45) is -0.245. The first kappa shape index (κ1) is 14.7. The van der Waals surface area contributed by atoms with E-state index in [1.807, 2.05) is 12.1 Å². The normalized spacial score (nSPS) is 11.2. The smallest absolute Gasteiger partial charge is 0.169 e. The molecule has 106 valence electrons. The lowest BCUT2D eigenvalue weighted by molar-refractivity contribution is -0.0995.